The van der Waals surface area contributed by atoms with Crippen LogP contribution in [-0.2, 0) is 6.42 Å². The number of H-pyrrole nitrogens is 1. The van der Waals surface area contributed by atoms with Crippen LogP contribution in [-0.4, -0.2) is 40.8 Å². The molecule has 0 fully saturated rings. The zero-order chi connectivity index (χ0) is 20.5. The molecule has 3 aromatic heterocycles. The highest BCUT2D eigenvalue weighted by atomic mass is 16.6. The fourth-order valence-electron chi connectivity index (χ4n) is 2.74. The number of aromatic hydroxyl groups is 1. The maximum absolute atomic E-state index is 12.5. The molecule has 12 heteroatoms. The lowest BCUT2D eigenvalue weighted by Gasteiger charge is -2.01. The first-order valence-electron chi connectivity index (χ1n) is 8.33. The molecule has 0 aliphatic carbocycles. The summed E-state index contributed by atoms with van der Waals surface area (Å²) in [4.78, 5) is 42.9. The molecule has 1 aromatic carbocycles. The van der Waals surface area contributed by atoms with Gasteiger partial charge < -0.3 is 9.63 Å². The lowest BCUT2D eigenvalue weighted by Crippen LogP contribution is -2.15. The van der Waals surface area contributed by atoms with Gasteiger partial charge in [0.05, 0.1) is 22.0 Å². The number of fused-ring (bicyclic) bond motifs is 1. The Kier molecular flexibility index (Phi) is 4.35. The van der Waals surface area contributed by atoms with Crippen molar-refractivity contribution >= 4 is 22.5 Å². The van der Waals surface area contributed by atoms with Crippen molar-refractivity contribution in [3.63, 3.8) is 0 Å². The van der Waals surface area contributed by atoms with Crippen molar-refractivity contribution in [1.82, 2.24) is 24.9 Å². The largest absolute Gasteiger partial charge is 0.506 e. The fourth-order valence-corrected chi connectivity index (χ4v) is 2.74. The van der Waals surface area contributed by atoms with Crippen molar-refractivity contribution in [1.29, 1.82) is 0 Å². The standard InChI is InChI=1S/C17H12N6O6/c24-10-2-3-12(18-8-10)16-19-14(29-21-16)5-6-15(25)22-13-4-1-9(23(27)28)7-11(13)17(26)20-22/h1-4,7-8,24H,5-6H2,(H,20,26). The Morgan fingerprint density at radius 2 is 2.14 bits per heavy atom. The molecule has 12 nitrogen and oxygen atoms in total. The monoisotopic (exact) mass is 396 g/mol. The van der Waals surface area contributed by atoms with Gasteiger partial charge in [-0.15, -0.1) is 0 Å². The van der Waals surface area contributed by atoms with E-state index in [0.717, 1.165) is 10.7 Å². The van der Waals surface area contributed by atoms with Crippen LogP contribution in [0, 0.1) is 10.1 Å². The summed E-state index contributed by atoms with van der Waals surface area (Å²) in [5, 5.41) is 26.3. The Hall–Kier alpha value is -4.35. The predicted octanol–water partition coefficient (Wildman–Crippen LogP) is 1.66. The third kappa shape index (κ3) is 3.45. The van der Waals surface area contributed by atoms with Crippen molar-refractivity contribution in [3.8, 4) is 17.3 Å². The van der Waals surface area contributed by atoms with E-state index in [1.165, 1.54) is 30.5 Å². The number of carbonyl (C=O) groups is 1. The van der Waals surface area contributed by atoms with Gasteiger partial charge in [0.2, 0.25) is 17.6 Å². The Morgan fingerprint density at radius 3 is 2.86 bits per heavy atom. The fraction of sp³-hybridized carbons (Fsp3) is 0.118. The molecule has 146 valence electrons. The summed E-state index contributed by atoms with van der Waals surface area (Å²) in [6.45, 7) is 0. The molecule has 3 heterocycles. The first kappa shape index (κ1) is 18.0. The van der Waals surface area contributed by atoms with Gasteiger partial charge in [0.25, 0.3) is 11.2 Å². The van der Waals surface area contributed by atoms with Crippen LogP contribution in [0.25, 0.3) is 22.4 Å². The number of hydrogen-bond donors (Lipinski definition) is 2. The maximum atomic E-state index is 12.5. The van der Waals surface area contributed by atoms with E-state index in [2.05, 4.69) is 20.2 Å². The van der Waals surface area contributed by atoms with E-state index < -0.39 is 16.4 Å². The number of aryl methyl sites for hydroxylation is 1. The average molecular weight is 396 g/mol. The Morgan fingerprint density at radius 1 is 1.31 bits per heavy atom. The van der Waals surface area contributed by atoms with Gasteiger partial charge in [0.15, 0.2) is 0 Å². The number of benzene rings is 1. The second-order valence-corrected chi connectivity index (χ2v) is 6.04. The van der Waals surface area contributed by atoms with Crippen LogP contribution in [0.4, 0.5) is 5.69 Å². The summed E-state index contributed by atoms with van der Waals surface area (Å²) >= 11 is 0. The molecule has 0 spiro atoms. The van der Waals surface area contributed by atoms with Gasteiger partial charge in [-0.3, -0.25) is 24.8 Å². The molecule has 0 unspecified atom stereocenters. The van der Waals surface area contributed by atoms with Gasteiger partial charge in [0, 0.05) is 25.0 Å². The van der Waals surface area contributed by atoms with Gasteiger partial charge in [-0.05, 0) is 18.2 Å². The van der Waals surface area contributed by atoms with Crippen molar-refractivity contribution in [2.45, 2.75) is 12.8 Å². The van der Waals surface area contributed by atoms with Crippen LogP contribution in [0.15, 0.2) is 45.8 Å². The maximum Gasteiger partial charge on any atom is 0.272 e. The summed E-state index contributed by atoms with van der Waals surface area (Å²) in [5.41, 5.74) is -0.207. The summed E-state index contributed by atoms with van der Waals surface area (Å²) in [7, 11) is 0. The van der Waals surface area contributed by atoms with Crippen LogP contribution in [0.1, 0.15) is 17.1 Å². The molecule has 0 bridgehead atoms. The number of hydrogen-bond acceptors (Lipinski definition) is 9. The SMILES string of the molecule is O=C(CCc1nc(-c2ccc(O)cn2)no1)n1[nH]c(=O)c2cc([N+](=O)[O-])ccc21. The summed E-state index contributed by atoms with van der Waals surface area (Å²) in [5.74, 6) is -0.0490. The van der Waals surface area contributed by atoms with Gasteiger partial charge >= 0.3 is 0 Å². The van der Waals surface area contributed by atoms with Gasteiger partial charge in [-0.25, -0.2) is 9.67 Å². The number of nitrogens with zero attached hydrogens (tertiary/aromatic N) is 5. The highest BCUT2D eigenvalue weighted by molar-refractivity contribution is 5.91. The number of pyridine rings is 1. The van der Waals surface area contributed by atoms with E-state index in [1.54, 1.807) is 0 Å². The topological polar surface area (TPSA) is 170 Å². The number of carbonyl (C=O) groups excluding carboxylic acids is 1. The number of nitro benzene ring substituents is 1. The molecule has 0 aliphatic rings. The minimum absolute atomic E-state index is 0.00124. The molecule has 4 rings (SSSR count). The van der Waals surface area contributed by atoms with Crippen LogP contribution in [0.2, 0.25) is 0 Å². The minimum Gasteiger partial charge on any atom is -0.506 e. The third-order valence-corrected chi connectivity index (χ3v) is 4.14. The smallest absolute Gasteiger partial charge is 0.272 e. The molecular formula is C17H12N6O6. The third-order valence-electron chi connectivity index (χ3n) is 4.14. The quantitative estimate of drug-likeness (QED) is 0.376. The average Bonchev–Trinajstić information content (AvgIpc) is 3.31. The number of aromatic amines is 1. The number of aromatic nitrogens is 5. The van der Waals surface area contributed by atoms with E-state index in [1.807, 2.05) is 0 Å². The van der Waals surface area contributed by atoms with Crippen LogP contribution in [0.3, 0.4) is 0 Å². The molecule has 0 saturated carbocycles. The molecule has 0 radical (unpaired) electrons. The van der Waals surface area contributed by atoms with E-state index in [4.69, 9.17) is 4.52 Å². The van der Waals surface area contributed by atoms with Crippen molar-refractivity contribution in [2.75, 3.05) is 0 Å². The first-order chi connectivity index (χ1) is 13.9. The van der Waals surface area contributed by atoms with Gasteiger partial charge in [-0.2, -0.15) is 4.98 Å². The number of nitrogens with one attached hydrogen (secondary N) is 1. The molecular weight excluding hydrogens is 384 g/mol. The molecule has 29 heavy (non-hydrogen) atoms. The molecule has 2 N–H and O–H groups in total. The second-order valence-electron chi connectivity index (χ2n) is 6.04. The van der Waals surface area contributed by atoms with Gasteiger partial charge in [-0.1, -0.05) is 5.16 Å². The number of rotatable bonds is 5. The van der Waals surface area contributed by atoms with Crippen LogP contribution < -0.4 is 5.56 Å². The van der Waals surface area contributed by atoms with Crippen LogP contribution in [0.5, 0.6) is 5.75 Å². The molecule has 0 aliphatic heterocycles. The summed E-state index contributed by atoms with van der Waals surface area (Å²) < 4.78 is 6.14. The molecule has 0 amide bonds. The molecule has 0 atom stereocenters. The van der Waals surface area contributed by atoms with E-state index >= 15 is 0 Å². The Bertz CT molecular complexity index is 1290. The lowest BCUT2D eigenvalue weighted by molar-refractivity contribution is -0.384. The molecule has 4 aromatic rings. The van der Waals surface area contributed by atoms with Crippen LogP contribution >= 0.6 is 0 Å². The van der Waals surface area contributed by atoms with E-state index in [-0.39, 0.29) is 46.9 Å². The summed E-state index contributed by atoms with van der Waals surface area (Å²) in [6, 6.07) is 6.62. The first-order valence-corrected chi connectivity index (χ1v) is 8.33. The van der Waals surface area contributed by atoms with Crippen molar-refractivity contribution < 1.29 is 19.3 Å². The number of non-ortho nitro benzene ring substituents is 1. The summed E-state index contributed by atoms with van der Waals surface area (Å²) in [6.07, 6.45) is 1.30. The highest BCUT2D eigenvalue weighted by Gasteiger charge is 2.18. The minimum atomic E-state index is -0.617. The Labute approximate surface area is 160 Å². The second kappa shape index (κ2) is 6.99. The number of nitro groups is 1. The zero-order valence-corrected chi connectivity index (χ0v) is 14.6. The highest BCUT2D eigenvalue weighted by Crippen LogP contribution is 2.19. The normalized spacial score (nSPS) is 11.0. The Balaban J connectivity index is 1.51. The lowest BCUT2D eigenvalue weighted by atomic mass is 10.2. The predicted molar refractivity (Wildman–Crippen MR) is 97.4 cm³/mol. The van der Waals surface area contributed by atoms with E-state index in [0.29, 0.717) is 5.69 Å². The molecule has 0 saturated heterocycles. The van der Waals surface area contributed by atoms with Gasteiger partial charge in [0.1, 0.15) is 11.4 Å². The zero-order valence-electron chi connectivity index (χ0n) is 14.6. The van der Waals surface area contributed by atoms with E-state index in [9.17, 15) is 24.8 Å². The van der Waals surface area contributed by atoms with Crippen molar-refractivity contribution in [3.05, 3.63) is 62.9 Å². The van der Waals surface area contributed by atoms with Crippen molar-refractivity contribution in [2.24, 2.45) is 0 Å².